The number of nitrogens with zero attached hydrogens (tertiary/aromatic N) is 1. The van der Waals surface area contributed by atoms with E-state index in [0.717, 1.165) is 6.07 Å². The van der Waals surface area contributed by atoms with Gasteiger partial charge in [-0.2, -0.15) is 13.2 Å². The Bertz CT molecular complexity index is 533. The van der Waals surface area contributed by atoms with Crippen LogP contribution >= 0.6 is 27.5 Å². The Balaban J connectivity index is 2.09. The summed E-state index contributed by atoms with van der Waals surface area (Å²) in [5.41, 5.74) is 0.0641. The first-order valence-electron chi connectivity index (χ1n) is 6.20. The van der Waals surface area contributed by atoms with Gasteiger partial charge < -0.3 is 4.90 Å². The number of benzene rings is 1. The average molecular weight is 389 g/mol. The van der Waals surface area contributed by atoms with Crippen LogP contribution in [0.5, 0.6) is 0 Å². The van der Waals surface area contributed by atoms with Crippen LogP contribution in [0, 0.1) is 11.7 Å². The van der Waals surface area contributed by atoms with Gasteiger partial charge in [0.25, 0.3) is 5.91 Å². The van der Waals surface area contributed by atoms with E-state index in [9.17, 15) is 22.4 Å². The van der Waals surface area contributed by atoms with E-state index in [1.54, 1.807) is 0 Å². The highest BCUT2D eigenvalue weighted by molar-refractivity contribution is 9.10. The van der Waals surface area contributed by atoms with Crippen molar-refractivity contribution in [3.05, 3.63) is 33.0 Å². The van der Waals surface area contributed by atoms with Crippen molar-refractivity contribution < 1.29 is 22.4 Å². The molecule has 0 atom stereocenters. The molecule has 1 aliphatic rings. The van der Waals surface area contributed by atoms with Crippen molar-refractivity contribution in [1.29, 1.82) is 0 Å². The second-order valence-electron chi connectivity index (χ2n) is 4.86. The number of halogens is 6. The monoisotopic (exact) mass is 387 g/mol. The molecule has 1 heterocycles. The van der Waals surface area contributed by atoms with E-state index in [1.165, 1.54) is 11.0 Å². The van der Waals surface area contributed by atoms with Crippen molar-refractivity contribution in [3.63, 3.8) is 0 Å². The van der Waals surface area contributed by atoms with Gasteiger partial charge in [-0.25, -0.2) is 4.39 Å². The van der Waals surface area contributed by atoms with Gasteiger partial charge >= 0.3 is 6.18 Å². The Kier molecular flexibility index (Phi) is 4.82. The van der Waals surface area contributed by atoms with E-state index in [4.69, 9.17) is 11.6 Å². The van der Waals surface area contributed by atoms with Crippen molar-refractivity contribution in [1.82, 2.24) is 4.90 Å². The van der Waals surface area contributed by atoms with Crippen molar-refractivity contribution in [2.45, 2.75) is 19.0 Å². The number of carbonyl (C=O) groups excluding carboxylic acids is 1. The molecule has 1 aliphatic heterocycles. The van der Waals surface area contributed by atoms with Gasteiger partial charge in [0.15, 0.2) is 0 Å². The average Bonchev–Trinajstić information content (AvgIpc) is 2.42. The normalized spacial score (nSPS) is 17.1. The quantitative estimate of drug-likeness (QED) is 0.506. The summed E-state index contributed by atoms with van der Waals surface area (Å²) < 4.78 is 51.4. The number of carbonyl (C=O) groups is 1. The van der Waals surface area contributed by atoms with Crippen molar-refractivity contribution in [2.75, 3.05) is 13.1 Å². The molecular weight excluding hydrogens is 377 g/mol. The van der Waals surface area contributed by atoms with E-state index in [-0.39, 0.29) is 41.0 Å². The number of rotatable bonds is 1. The van der Waals surface area contributed by atoms with E-state index < -0.39 is 23.8 Å². The van der Waals surface area contributed by atoms with Crippen molar-refractivity contribution in [3.8, 4) is 0 Å². The maximum Gasteiger partial charge on any atom is 0.391 e. The highest BCUT2D eigenvalue weighted by Crippen LogP contribution is 2.35. The summed E-state index contributed by atoms with van der Waals surface area (Å²) in [4.78, 5) is 13.5. The maximum atomic E-state index is 13.5. The van der Waals surface area contributed by atoms with Crippen LogP contribution < -0.4 is 0 Å². The third kappa shape index (κ3) is 3.69. The zero-order valence-electron chi connectivity index (χ0n) is 10.7. The summed E-state index contributed by atoms with van der Waals surface area (Å²) in [6.45, 7) is 0.00967. The second kappa shape index (κ2) is 6.12. The Hall–Kier alpha value is -0.820. The minimum absolute atomic E-state index is 0.00484. The number of alkyl halides is 3. The fourth-order valence-electron chi connectivity index (χ4n) is 2.27. The van der Waals surface area contributed by atoms with Gasteiger partial charge in [0.1, 0.15) is 5.82 Å². The van der Waals surface area contributed by atoms with Gasteiger partial charge in [-0.05, 0) is 40.9 Å². The summed E-state index contributed by atoms with van der Waals surface area (Å²) in [6, 6.07) is 2.36. The fraction of sp³-hybridized carbons (Fsp3) is 0.462. The molecule has 0 aliphatic carbocycles. The molecule has 2 nitrogen and oxygen atoms in total. The molecule has 0 saturated carbocycles. The third-order valence-electron chi connectivity index (χ3n) is 3.48. The molecular formula is C13H11BrClF4NO. The van der Waals surface area contributed by atoms with Crippen LogP contribution in [0.2, 0.25) is 5.02 Å². The zero-order valence-corrected chi connectivity index (χ0v) is 13.0. The predicted molar refractivity (Wildman–Crippen MR) is 73.8 cm³/mol. The third-order valence-corrected chi connectivity index (χ3v) is 4.71. The Morgan fingerprint density at radius 3 is 2.33 bits per heavy atom. The van der Waals surface area contributed by atoms with E-state index in [2.05, 4.69) is 15.9 Å². The predicted octanol–water partition coefficient (Wildman–Crippen LogP) is 4.66. The van der Waals surface area contributed by atoms with E-state index >= 15 is 0 Å². The number of hydrogen-bond donors (Lipinski definition) is 0. The van der Waals surface area contributed by atoms with Gasteiger partial charge in [0.05, 0.1) is 10.9 Å². The molecule has 21 heavy (non-hydrogen) atoms. The highest BCUT2D eigenvalue weighted by atomic mass is 79.9. The molecule has 0 aromatic heterocycles. The summed E-state index contributed by atoms with van der Waals surface area (Å²) in [5.74, 6) is -2.62. The minimum atomic E-state index is -4.23. The number of piperidine rings is 1. The molecule has 0 spiro atoms. The van der Waals surface area contributed by atoms with Gasteiger partial charge in [0.2, 0.25) is 0 Å². The Morgan fingerprint density at radius 1 is 1.29 bits per heavy atom. The second-order valence-corrected chi connectivity index (χ2v) is 6.09. The minimum Gasteiger partial charge on any atom is -0.339 e. The topological polar surface area (TPSA) is 20.3 Å². The first-order valence-corrected chi connectivity index (χ1v) is 7.37. The Labute approximate surface area is 132 Å². The molecule has 1 saturated heterocycles. The summed E-state index contributed by atoms with van der Waals surface area (Å²) in [5, 5.41) is -0.137. The zero-order chi connectivity index (χ0) is 15.8. The Morgan fingerprint density at radius 2 is 1.86 bits per heavy atom. The summed E-state index contributed by atoms with van der Waals surface area (Å²) in [7, 11) is 0. The van der Waals surface area contributed by atoms with Crippen molar-refractivity contribution in [2.24, 2.45) is 5.92 Å². The van der Waals surface area contributed by atoms with Gasteiger partial charge in [-0.1, -0.05) is 11.6 Å². The summed E-state index contributed by atoms with van der Waals surface area (Å²) in [6.07, 6.45) is -4.50. The SMILES string of the molecule is O=C(c1cc(F)c(Cl)c(Br)c1)N1CCC(C(F)(F)F)CC1. The molecule has 0 N–H and O–H groups in total. The highest BCUT2D eigenvalue weighted by Gasteiger charge is 2.41. The van der Waals surface area contributed by atoms with Crippen LogP contribution in [-0.2, 0) is 0 Å². The van der Waals surface area contributed by atoms with Crippen molar-refractivity contribution >= 4 is 33.4 Å². The summed E-state index contributed by atoms with van der Waals surface area (Å²) >= 11 is 8.67. The lowest BCUT2D eigenvalue weighted by Gasteiger charge is -2.33. The number of likely N-dealkylation sites (tertiary alicyclic amines) is 1. The van der Waals surface area contributed by atoms with Gasteiger partial charge in [-0.3, -0.25) is 4.79 Å². The number of amides is 1. The van der Waals surface area contributed by atoms with Gasteiger partial charge in [-0.15, -0.1) is 0 Å². The fourth-order valence-corrected chi connectivity index (χ4v) is 2.82. The molecule has 0 bridgehead atoms. The first kappa shape index (κ1) is 16.5. The first-order chi connectivity index (χ1) is 9.70. The standard InChI is InChI=1S/C13H11BrClF4NO/c14-9-5-7(6-10(16)11(9)15)12(21)20-3-1-8(2-4-20)13(17,18)19/h5-6,8H,1-4H2. The smallest absolute Gasteiger partial charge is 0.339 e. The van der Waals surface area contributed by atoms with E-state index in [1.807, 2.05) is 0 Å². The molecule has 1 aromatic rings. The molecule has 116 valence electrons. The largest absolute Gasteiger partial charge is 0.391 e. The molecule has 0 unspecified atom stereocenters. The lowest BCUT2D eigenvalue weighted by atomic mass is 9.96. The lowest BCUT2D eigenvalue weighted by Crippen LogP contribution is -2.42. The number of hydrogen-bond acceptors (Lipinski definition) is 1. The van der Waals surface area contributed by atoms with Crippen LogP contribution in [0.3, 0.4) is 0 Å². The molecule has 1 amide bonds. The van der Waals surface area contributed by atoms with Crippen LogP contribution in [0.25, 0.3) is 0 Å². The van der Waals surface area contributed by atoms with Crippen LogP contribution in [0.15, 0.2) is 16.6 Å². The van der Waals surface area contributed by atoms with Crippen LogP contribution in [0.4, 0.5) is 17.6 Å². The van der Waals surface area contributed by atoms with Gasteiger partial charge in [0, 0.05) is 23.1 Å². The lowest BCUT2D eigenvalue weighted by molar-refractivity contribution is -0.183. The maximum absolute atomic E-state index is 13.5. The molecule has 1 fully saturated rings. The van der Waals surface area contributed by atoms with Crippen LogP contribution in [-0.4, -0.2) is 30.1 Å². The molecule has 1 aromatic carbocycles. The molecule has 8 heteroatoms. The molecule has 2 rings (SSSR count). The molecule has 0 radical (unpaired) electrons. The van der Waals surface area contributed by atoms with Crippen LogP contribution in [0.1, 0.15) is 23.2 Å². The van der Waals surface area contributed by atoms with E-state index in [0.29, 0.717) is 0 Å².